The number of carbonyl (C=O) groups is 1. The number of likely N-dealkylation sites (N-methyl/N-ethyl adjacent to an activating group) is 1. The summed E-state index contributed by atoms with van der Waals surface area (Å²) in [4.78, 5) is 17.1. The molecule has 0 aliphatic carbocycles. The van der Waals surface area contributed by atoms with Crippen molar-refractivity contribution < 1.29 is 13.2 Å². The second kappa shape index (κ2) is 10.9. The Kier molecular flexibility index (Phi) is 8.26. The lowest BCUT2D eigenvalue weighted by Gasteiger charge is -2.33. The van der Waals surface area contributed by atoms with Crippen molar-refractivity contribution in [2.45, 2.75) is 24.0 Å². The van der Waals surface area contributed by atoms with Crippen LogP contribution in [-0.4, -0.2) is 69.9 Å². The lowest BCUT2D eigenvalue weighted by atomic mass is 10.1. The number of benzene rings is 1. The number of hydrogen-bond donors (Lipinski definition) is 2. The number of nitrogens with zero attached hydrogens (tertiary/aromatic N) is 2. The van der Waals surface area contributed by atoms with Crippen LogP contribution in [0.1, 0.15) is 18.9 Å². The molecule has 3 rings (SSSR count). The van der Waals surface area contributed by atoms with Crippen molar-refractivity contribution in [3.63, 3.8) is 0 Å². The highest BCUT2D eigenvalue weighted by Crippen LogP contribution is 2.20. The maximum absolute atomic E-state index is 12.2. The average molecular weight is 451 g/mol. The van der Waals surface area contributed by atoms with E-state index in [1.165, 1.54) is 11.3 Å². The largest absolute Gasteiger partial charge is 0.356 e. The Morgan fingerprint density at radius 2 is 1.77 bits per heavy atom. The molecule has 30 heavy (non-hydrogen) atoms. The van der Waals surface area contributed by atoms with Crippen LogP contribution in [0.25, 0.3) is 0 Å². The number of hydrogen-bond acceptors (Lipinski definition) is 6. The van der Waals surface area contributed by atoms with Crippen molar-refractivity contribution in [3.8, 4) is 0 Å². The van der Waals surface area contributed by atoms with Crippen LogP contribution in [0.2, 0.25) is 0 Å². The minimum atomic E-state index is -3.55. The second-order valence-electron chi connectivity index (χ2n) is 7.39. The van der Waals surface area contributed by atoms with E-state index >= 15 is 0 Å². The molecular weight excluding hydrogens is 420 g/mol. The SMILES string of the molecule is CCN1CCN(CCCNC(=O)Cc2ccc(NS(=O)(=O)c3cccs3)cc2)CC1. The van der Waals surface area contributed by atoms with Crippen LogP contribution < -0.4 is 10.0 Å². The molecular formula is C21H30N4O3S2. The molecule has 0 spiro atoms. The van der Waals surface area contributed by atoms with E-state index in [0.717, 1.165) is 51.3 Å². The maximum atomic E-state index is 12.2. The molecule has 1 aromatic heterocycles. The van der Waals surface area contributed by atoms with Gasteiger partial charge >= 0.3 is 0 Å². The predicted molar refractivity (Wildman–Crippen MR) is 121 cm³/mol. The zero-order chi connectivity index (χ0) is 21.4. The lowest BCUT2D eigenvalue weighted by molar-refractivity contribution is -0.120. The summed E-state index contributed by atoms with van der Waals surface area (Å²) in [5.74, 6) is -0.0160. The normalized spacial score (nSPS) is 15.8. The number of carbonyl (C=O) groups excluding carboxylic acids is 1. The van der Waals surface area contributed by atoms with Gasteiger partial charge in [0.2, 0.25) is 5.91 Å². The smallest absolute Gasteiger partial charge is 0.271 e. The maximum Gasteiger partial charge on any atom is 0.271 e. The Balaban J connectivity index is 1.36. The average Bonchev–Trinajstić information content (AvgIpc) is 3.29. The fraction of sp³-hybridized carbons (Fsp3) is 0.476. The number of thiophene rings is 1. The Morgan fingerprint density at radius 1 is 1.07 bits per heavy atom. The molecule has 0 radical (unpaired) electrons. The molecule has 1 aromatic carbocycles. The van der Waals surface area contributed by atoms with Gasteiger partial charge in [-0.1, -0.05) is 25.1 Å². The van der Waals surface area contributed by atoms with Gasteiger partial charge in [-0.3, -0.25) is 9.52 Å². The molecule has 164 valence electrons. The zero-order valence-corrected chi connectivity index (χ0v) is 19.0. The summed E-state index contributed by atoms with van der Waals surface area (Å²) in [5.41, 5.74) is 1.33. The number of amides is 1. The van der Waals surface area contributed by atoms with Crippen LogP contribution >= 0.6 is 11.3 Å². The van der Waals surface area contributed by atoms with E-state index in [9.17, 15) is 13.2 Å². The molecule has 2 aromatic rings. The number of piperazine rings is 1. The summed E-state index contributed by atoms with van der Waals surface area (Å²) in [7, 11) is -3.55. The minimum absolute atomic E-state index is 0.0160. The van der Waals surface area contributed by atoms with Gasteiger partial charge in [0.1, 0.15) is 4.21 Å². The van der Waals surface area contributed by atoms with Crippen molar-refractivity contribution in [2.24, 2.45) is 0 Å². The van der Waals surface area contributed by atoms with Crippen LogP contribution in [0.4, 0.5) is 5.69 Å². The molecule has 2 heterocycles. The second-order valence-corrected chi connectivity index (χ2v) is 10.2. The van der Waals surface area contributed by atoms with E-state index in [1.807, 2.05) is 0 Å². The first-order valence-electron chi connectivity index (χ1n) is 10.3. The summed E-state index contributed by atoms with van der Waals surface area (Å²) in [5, 5.41) is 4.70. The Hall–Kier alpha value is -1.94. The summed E-state index contributed by atoms with van der Waals surface area (Å²) < 4.78 is 27.3. The van der Waals surface area contributed by atoms with Crippen LogP contribution in [0.3, 0.4) is 0 Å². The third kappa shape index (κ3) is 6.80. The van der Waals surface area contributed by atoms with Crippen LogP contribution in [0, 0.1) is 0 Å². The lowest BCUT2D eigenvalue weighted by Crippen LogP contribution is -2.46. The molecule has 9 heteroatoms. The standard InChI is InChI=1S/C21H30N4O3S2/c1-2-24-12-14-25(15-13-24)11-4-10-22-20(26)17-18-6-8-19(9-7-18)23-30(27,28)21-5-3-16-29-21/h3,5-9,16,23H,2,4,10-15,17H2,1H3,(H,22,26). The van der Waals surface area contributed by atoms with E-state index in [0.29, 0.717) is 12.2 Å². The fourth-order valence-corrected chi connectivity index (χ4v) is 5.47. The van der Waals surface area contributed by atoms with Crippen molar-refractivity contribution in [2.75, 3.05) is 50.5 Å². The molecule has 1 amide bonds. The Labute approximate surface area is 183 Å². The van der Waals surface area contributed by atoms with Crippen LogP contribution in [0.5, 0.6) is 0 Å². The van der Waals surface area contributed by atoms with Gasteiger partial charge in [-0.05, 0) is 48.7 Å². The molecule has 2 N–H and O–H groups in total. The molecule has 7 nitrogen and oxygen atoms in total. The summed E-state index contributed by atoms with van der Waals surface area (Å²) in [6.45, 7) is 9.45. The first kappa shape index (κ1) is 22.7. The van der Waals surface area contributed by atoms with E-state index in [-0.39, 0.29) is 16.5 Å². The third-order valence-corrected chi connectivity index (χ3v) is 7.99. The molecule has 1 saturated heterocycles. The molecule has 1 aliphatic rings. The summed E-state index contributed by atoms with van der Waals surface area (Å²) >= 11 is 1.17. The van der Waals surface area contributed by atoms with Crippen LogP contribution in [0.15, 0.2) is 46.0 Å². The van der Waals surface area contributed by atoms with Crippen molar-refractivity contribution in [3.05, 3.63) is 47.3 Å². The number of anilines is 1. The number of rotatable bonds is 10. The molecule has 0 bridgehead atoms. The fourth-order valence-electron chi connectivity index (χ4n) is 3.42. The quantitative estimate of drug-likeness (QED) is 0.543. The van der Waals surface area contributed by atoms with Crippen LogP contribution in [-0.2, 0) is 21.2 Å². The van der Waals surface area contributed by atoms with E-state index in [2.05, 4.69) is 26.8 Å². The molecule has 1 aliphatic heterocycles. The zero-order valence-electron chi connectivity index (χ0n) is 17.3. The first-order chi connectivity index (χ1) is 14.5. The highest BCUT2D eigenvalue weighted by Gasteiger charge is 2.16. The highest BCUT2D eigenvalue weighted by atomic mass is 32.2. The van der Waals surface area contributed by atoms with Gasteiger partial charge < -0.3 is 15.1 Å². The number of sulfonamides is 1. The molecule has 0 saturated carbocycles. The monoisotopic (exact) mass is 450 g/mol. The summed E-state index contributed by atoms with van der Waals surface area (Å²) in [6.07, 6.45) is 1.23. The minimum Gasteiger partial charge on any atom is -0.356 e. The summed E-state index contributed by atoms with van der Waals surface area (Å²) in [6, 6.07) is 10.2. The van der Waals surface area contributed by atoms with Crippen molar-refractivity contribution in [1.29, 1.82) is 0 Å². The third-order valence-electron chi connectivity index (χ3n) is 5.22. The van der Waals surface area contributed by atoms with Gasteiger partial charge in [0.15, 0.2) is 0 Å². The van der Waals surface area contributed by atoms with Gasteiger partial charge in [0.25, 0.3) is 10.0 Å². The Bertz CT molecular complexity index is 891. The van der Waals surface area contributed by atoms with E-state index in [4.69, 9.17) is 0 Å². The first-order valence-corrected chi connectivity index (χ1v) is 12.7. The van der Waals surface area contributed by atoms with E-state index in [1.54, 1.807) is 41.8 Å². The van der Waals surface area contributed by atoms with Gasteiger partial charge in [-0.15, -0.1) is 11.3 Å². The van der Waals surface area contributed by atoms with Crippen molar-refractivity contribution in [1.82, 2.24) is 15.1 Å². The molecule has 1 fully saturated rings. The van der Waals surface area contributed by atoms with Gasteiger partial charge in [-0.2, -0.15) is 0 Å². The Morgan fingerprint density at radius 3 is 2.40 bits per heavy atom. The molecule has 0 atom stereocenters. The van der Waals surface area contributed by atoms with Gasteiger partial charge in [0, 0.05) is 38.4 Å². The number of nitrogens with one attached hydrogen (secondary N) is 2. The predicted octanol–water partition coefficient (Wildman–Crippen LogP) is 2.24. The molecule has 0 unspecified atom stereocenters. The topological polar surface area (TPSA) is 81.8 Å². The van der Waals surface area contributed by atoms with Gasteiger partial charge in [-0.25, -0.2) is 8.42 Å². The van der Waals surface area contributed by atoms with E-state index < -0.39 is 10.0 Å². The van der Waals surface area contributed by atoms with Gasteiger partial charge in [0.05, 0.1) is 6.42 Å². The highest BCUT2D eigenvalue weighted by molar-refractivity contribution is 7.94. The van der Waals surface area contributed by atoms with Crippen molar-refractivity contribution >= 4 is 33.0 Å².